The van der Waals surface area contributed by atoms with Crippen LogP contribution in [0.3, 0.4) is 0 Å². The fraction of sp³-hybridized carbons (Fsp3) is 0.625. The molecule has 1 aromatic carbocycles. The maximum absolute atomic E-state index is 6.18. The highest BCUT2D eigenvalue weighted by atomic mass is 16.5. The number of ether oxygens (including phenoxy) is 1. The van der Waals surface area contributed by atoms with Gasteiger partial charge in [0.1, 0.15) is 5.75 Å². The number of hydrogen-bond donors (Lipinski definition) is 1. The van der Waals surface area contributed by atoms with Crippen molar-refractivity contribution in [3.63, 3.8) is 0 Å². The molecule has 0 heterocycles. The van der Waals surface area contributed by atoms with Gasteiger partial charge in [-0.25, -0.2) is 0 Å². The Morgan fingerprint density at radius 1 is 1.32 bits per heavy atom. The third-order valence-corrected chi connectivity index (χ3v) is 3.52. The molecular weight excluding hydrogens is 236 g/mol. The summed E-state index contributed by atoms with van der Waals surface area (Å²) in [5.41, 5.74) is 7.41. The number of likely N-dealkylation sites (N-methyl/N-ethyl adjacent to an activating group) is 1. The van der Waals surface area contributed by atoms with E-state index >= 15 is 0 Å². The summed E-state index contributed by atoms with van der Waals surface area (Å²) in [6.45, 7) is 5.38. The third kappa shape index (κ3) is 4.84. The van der Waals surface area contributed by atoms with Crippen LogP contribution in [0.25, 0.3) is 0 Å². The average Bonchev–Trinajstić information content (AvgIpc) is 2.39. The van der Waals surface area contributed by atoms with Crippen molar-refractivity contribution < 1.29 is 4.74 Å². The van der Waals surface area contributed by atoms with E-state index in [1.165, 1.54) is 24.8 Å². The van der Waals surface area contributed by atoms with Gasteiger partial charge in [-0.3, -0.25) is 4.90 Å². The van der Waals surface area contributed by atoms with Crippen molar-refractivity contribution >= 4 is 0 Å². The van der Waals surface area contributed by atoms with E-state index in [0.717, 1.165) is 12.3 Å². The number of rotatable bonds is 8. The predicted octanol–water partition coefficient (Wildman–Crippen LogP) is 3.21. The van der Waals surface area contributed by atoms with Crippen LogP contribution in [0, 0.1) is 0 Å². The molecular formula is C16H28N2O. The molecule has 0 spiro atoms. The van der Waals surface area contributed by atoms with E-state index in [-0.39, 0.29) is 12.1 Å². The molecule has 0 saturated carbocycles. The van der Waals surface area contributed by atoms with E-state index in [9.17, 15) is 0 Å². The molecule has 0 fully saturated rings. The number of nitrogens with two attached hydrogens (primary N) is 1. The summed E-state index contributed by atoms with van der Waals surface area (Å²) < 4.78 is 5.30. The second-order valence-corrected chi connectivity index (χ2v) is 5.27. The zero-order valence-corrected chi connectivity index (χ0v) is 12.7. The number of methoxy groups -OCH3 is 1. The van der Waals surface area contributed by atoms with Crippen molar-refractivity contribution in [2.75, 3.05) is 20.7 Å². The van der Waals surface area contributed by atoms with Crippen LogP contribution < -0.4 is 10.5 Å². The third-order valence-electron chi connectivity index (χ3n) is 3.52. The second kappa shape index (κ2) is 8.18. The van der Waals surface area contributed by atoms with Crippen LogP contribution in [0.2, 0.25) is 0 Å². The largest absolute Gasteiger partial charge is 0.497 e. The van der Waals surface area contributed by atoms with Crippen LogP contribution in [-0.4, -0.2) is 31.6 Å². The Balaban J connectivity index is 2.80. The maximum atomic E-state index is 6.18. The van der Waals surface area contributed by atoms with Gasteiger partial charge in [-0.2, -0.15) is 0 Å². The first-order valence-electron chi connectivity index (χ1n) is 7.20. The molecule has 0 aliphatic carbocycles. The van der Waals surface area contributed by atoms with E-state index in [1.54, 1.807) is 7.11 Å². The molecule has 1 rings (SSSR count). The van der Waals surface area contributed by atoms with Crippen molar-refractivity contribution in [2.24, 2.45) is 5.73 Å². The van der Waals surface area contributed by atoms with Crippen molar-refractivity contribution in [1.29, 1.82) is 0 Å². The Labute approximate surface area is 117 Å². The van der Waals surface area contributed by atoms with E-state index in [0.29, 0.717) is 0 Å². The van der Waals surface area contributed by atoms with Crippen molar-refractivity contribution in [1.82, 2.24) is 4.90 Å². The summed E-state index contributed by atoms with van der Waals surface area (Å²) in [6, 6.07) is 8.56. The molecule has 0 bridgehead atoms. The molecule has 3 nitrogen and oxygen atoms in total. The molecule has 0 radical (unpaired) electrons. The number of benzene rings is 1. The maximum Gasteiger partial charge on any atom is 0.119 e. The van der Waals surface area contributed by atoms with Crippen LogP contribution in [0.1, 0.15) is 44.7 Å². The Morgan fingerprint density at radius 3 is 2.63 bits per heavy atom. The lowest BCUT2D eigenvalue weighted by molar-refractivity contribution is 0.214. The van der Waals surface area contributed by atoms with E-state index in [2.05, 4.69) is 37.9 Å². The molecule has 0 aromatic heterocycles. The van der Waals surface area contributed by atoms with E-state index in [4.69, 9.17) is 10.5 Å². The van der Waals surface area contributed by atoms with Gasteiger partial charge < -0.3 is 10.5 Å². The SMILES string of the molecule is CCCCCN(C)C(c1cccc(OC)c1)C(C)N. The molecule has 0 amide bonds. The summed E-state index contributed by atoms with van der Waals surface area (Å²) >= 11 is 0. The molecule has 1 aromatic rings. The molecule has 2 atom stereocenters. The molecule has 108 valence electrons. The van der Waals surface area contributed by atoms with Gasteiger partial charge in [0.25, 0.3) is 0 Å². The standard InChI is InChI=1S/C16H28N2O/c1-5-6-7-11-18(3)16(13(2)17)14-9-8-10-15(12-14)19-4/h8-10,12-13,16H,5-7,11,17H2,1-4H3. The zero-order chi connectivity index (χ0) is 14.3. The number of nitrogens with zero attached hydrogens (tertiary/aromatic N) is 1. The summed E-state index contributed by atoms with van der Waals surface area (Å²) in [5.74, 6) is 0.894. The van der Waals surface area contributed by atoms with Crippen molar-refractivity contribution in [2.45, 2.75) is 45.2 Å². The highest BCUT2D eigenvalue weighted by Crippen LogP contribution is 2.25. The molecule has 3 heteroatoms. The second-order valence-electron chi connectivity index (χ2n) is 5.27. The van der Waals surface area contributed by atoms with Gasteiger partial charge in [-0.05, 0) is 44.6 Å². The predicted molar refractivity (Wildman–Crippen MR) is 81.5 cm³/mol. The normalized spacial score (nSPS) is 14.4. The smallest absolute Gasteiger partial charge is 0.119 e. The Hall–Kier alpha value is -1.06. The lowest BCUT2D eigenvalue weighted by Gasteiger charge is -2.31. The highest BCUT2D eigenvalue weighted by molar-refractivity contribution is 5.31. The summed E-state index contributed by atoms with van der Waals surface area (Å²) in [5, 5.41) is 0. The van der Waals surface area contributed by atoms with Crippen LogP contribution in [0.5, 0.6) is 5.75 Å². The van der Waals surface area contributed by atoms with Crippen LogP contribution in [-0.2, 0) is 0 Å². The monoisotopic (exact) mass is 264 g/mol. The van der Waals surface area contributed by atoms with Crippen molar-refractivity contribution in [3.05, 3.63) is 29.8 Å². The topological polar surface area (TPSA) is 38.5 Å². The Kier molecular flexibility index (Phi) is 6.89. The highest BCUT2D eigenvalue weighted by Gasteiger charge is 2.21. The van der Waals surface area contributed by atoms with Gasteiger partial charge in [0.05, 0.1) is 7.11 Å². The minimum Gasteiger partial charge on any atom is -0.497 e. The van der Waals surface area contributed by atoms with Gasteiger partial charge in [-0.1, -0.05) is 31.9 Å². The minimum absolute atomic E-state index is 0.0960. The van der Waals surface area contributed by atoms with Crippen molar-refractivity contribution in [3.8, 4) is 5.75 Å². The summed E-state index contributed by atoms with van der Waals surface area (Å²) in [7, 11) is 3.86. The first kappa shape index (κ1) is 16.0. The molecule has 2 unspecified atom stereocenters. The fourth-order valence-electron chi connectivity index (χ4n) is 2.54. The first-order valence-corrected chi connectivity index (χ1v) is 7.20. The van der Waals surface area contributed by atoms with E-state index in [1.807, 2.05) is 12.1 Å². The van der Waals surface area contributed by atoms with Crippen LogP contribution in [0.15, 0.2) is 24.3 Å². The lowest BCUT2D eigenvalue weighted by Crippen LogP contribution is -2.37. The summed E-state index contributed by atoms with van der Waals surface area (Å²) in [6.07, 6.45) is 3.74. The van der Waals surface area contributed by atoms with Gasteiger partial charge >= 0.3 is 0 Å². The Morgan fingerprint density at radius 2 is 2.05 bits per heavy atom. The Bertz CT molecular complexity index is 366. The molecule has 0 aliphatic rings. The molecule has 0 saturated heterocycles. The average molecular weight is 264 g/mol. The molecule has 0 aliphatic heterocycles. The van der Waals surface area contributed by atoms with Crippen LogP contribution >= 0.6 is 0 Å². The van der Waals surface area contributed by atoms with Gasteiger partial charge in [0, 0.05) is 12.1 Å². The summed E-state index contributed by atoms with van der Waals surface area (Å²) in [4.78, 5) is 2.36. The number of unbranched alkanes of at least 4 members (excludes halogenated alkanes) is 2. The minimum atomic E-state index is 0.0960. The van der Waals surface area contributed by atoms with Crippen LogP contribution in [0.4, 0.5) is 0 Å². The van der Waals surface area contributed by atoms with Gasteiger partial charge in [0.15, 0.2) is 0 Å². The molecule has 2 N–H and O–H groups in total. The fourth-order valence-corrected chi connectivity index (χ4v) is 2.54. The number of hydrogen-bond acceptors (Lipinski definition) is 3. The molecule has 19 heavy (non-hydrogen) atoms. The lowest BCUT2D eigenvalue weighted by atomic mass is 9.99. The van der Waals surface area contributed by atoms with Gasteiger partial charge in [0.2, 0.25) is 0 Å². The van der Waals surface area contributed by atoms with Gasteiger partial charge in [-0.15, -0.1) is 0 Å². The van der Waals surface area contributed by atoms with E-state index < -0.39 is 0 Å². The quantitative estimate of drug-likeness (QED) is 0.733. The zero-order valence-electron chi connectivity index (χ0n) is 12.7. The first-order chi connectivity index (χ1) is 9.10.